The normalized spacial score (nSPS) is 25.9. The van der Waals surface area contributed by atoms with Gasteiger partial charge in [0.1, 0.15) is 11.6 Å². The quantitative estimate of drug-likeness (QED) is 0.917. The fourth-order valence-corrected chi connectivity index (χ4v) is 2.61. The molecule has 2 atom stereocenters. The van der Waals surface area contributed by atoms with E-state index in [9.17, 15) is 9.59 Å². The van der Waals surface area contributed by atoms with Crippen molar-refractivity contribution < 1.29 is 9.59 Å². The Morgan fingerprint density at radius 1 is 1.38 bits per heavy atom. The number of pyridine rings is 1. The van der Waals surface area contributed by atoms with Gasteiger partial charge < -0.3 is 10.2 Å². The molecule has 0 saturated carbocycles. The molecule has 21 heavy (non-hydrogen) atoms. The average molecular weight is 289 g/mol. The van der Waals surface area contributed by atoms with Gasteiger partial charge in [-0.15, -0.1) is 0 Å². The van der Waals surface area contributed by atoms with Crippen LogP contribution in [0.3, 0.4) is 0 Å². The Morgan fingerprint density at radius 2 is 2.10 bits per heavy atom. The van der Waals surface area contributed by atoms with Crippen molar-refractivity contribution in [2.24, 2.45) is 0 Å². The molecule has 114 valence electrons. The standard InChI is InChI=1S/C16H23N3O2/c1-5-12-8-7-9-17-13(12)10-19-11(3)14(20)18-16(4,6-2)15(19)21/h7-9,11H,5-6,10H2,1-4H3,(H,18,20). The number of nitrogens with one attached hydrogen (secondary N) is 1. The summed E-state index contributed by atoms with van der Waals surface area (Å²) < 4.78 is 0. The number of carbonyl (C=O) groups excluding carboxylic acids is 2. The van der Waals surface area contributed by atoms with Crippen molar-refractivity contribution in [1.29, 1.82) is 0 Å². The molecule has 0 spiro atoms. The van der Waals surface area contributed by atoms with Gasteiger partial charge in [-0.25, -0.2) is 0 Å². The van der Waals surface area contributed by atoms with Gasteiger partial charge in [-0.1, -0.05) is 19.9 Å². The van der Waals surface area contributed by atoms with Crippen LogP contribution < -0.4 is 5.32 Å². The van der Waals surface area contributed by atoms with Gasteiger partial charge in [0.15, 0.2) is 0 Å². The SMILES string of the molecule is CCc1cccnc1CN1C(=O)C(C)(CC)NC(=O)C1C. The molecule has 2 amide bonds. The maximum atomic E-state index is 12.7. The monoisotopic (exact) mass is 289 g/mol. The first-order valence-electron chi connectivity index (χ1n) is 7.48. The zero-order valence-corrected chi connectivity index (χ0v) is 13.1. The fraction of sp³-hybridized carbons (Fsp3) is 0.562. The molecule has 1 aromatic heterocycles. The summed E-state index contributed by atoms with van der Waals surface area (Å²) in [4.78, 5) is 30.9. The summed E-state index contributed by atoms with van der Waals surface area (Å²) in [6.45, 7) is 7.89. The van der Waals surface area contributed by atoms with E-state index in [-0.39, 0.29) is 11.8 Å². The van der Waals surface area contributed by atoms with Crippen molar-refractivity contribution in [2.45, 2.75) is 58.7 Å². The van der Waals surface area contributed by atoms with Crippen LogP contribution in [-0.4, -0.2) is 33.3 Å². The Labute approximate surface area is 125 Å². The molecule has 1 aliphatic heterocycles. The lowest BCUT2D eigenvalue weighted by Gasteiger charge is -2.43. The average Bonchev–Trinajstić information content (AvgIpc) is 2.50. The Hall–Kier alpha value is -1.91. The summed E-state index contributed by atoms with van der Waals surface area (Å²) in [5, 5.41) is 2.84. The number of hydrogen-bond acceptors (Lipinski definition) is 3. The van der Waals surface area contributed by atoms with E-state index < -0.39 is 11.6 Å². The summed E-state index contributed by atoms with van der Waals surface area (Å²) in [6, 6.07) is 3.44. The number of aromatic nitrogens is 1. The van der Waals surface area contributed by atoms with E-state index in [1.165, 1.54) is 0 Å². The summed E-state index contributed by atoms with van der Waals surface area (Å²) in [7, 11) is 0. The van der Waals surface area contributed by atoms with E-state index in [0.717, 1.165) is 17.7 Å². The third-order valence-corrected chi connectivity index (χ3v) is 4.37. The van der Waals surface area contributed by atoms with Crippen molar-refractivity contribution >= 4 is 11.8 Å². The maximum absolute atomic E-state index is 12.7. The van der Waals surface area contributed by atoms with E-state index in [2.05, 4.69) is 17.2 Å². The van der Waals surface area contributed by atoms with Crippen LogP contribution in [-0.2, 0) is 22.6 Å². The molecule has 5 heteroatoms. The number of hydrogen-bond donors (Lipinski definition) is 1. The fourth-order valence-electron chi connectivity index (χ4n) is 2.61. The second-order valence-electron chi connectivity index (χ2n) is 5.75. The first kappa shape index (κ1) is 15.5. The summed E-state index contributed by atoms with van der Waals surface area (Å²) >= 11 is 0. The highest BCUT2D eigenvalue weighted by Crippen LogP contribution is 2.23. The molecule has 1 saturated heterocycles. The third-order valence-electron chi connectivity index (χ3n) is 4.37. The highest BCUT2D eigenvalue weighted by molar-refractivity contribution is 5.99. The molecule has 1 N–H and O–H groups in total. The molecule has 0 bridgehead atoms. The van der Waals surface area contributed by atoms with Gasteiger partial charge >= 0.3 is 0 Å². The van der Waals surface area contributed by atoms with Crippen LogP contribution in [0.25, 0.3) is 0 Å². The molecular weight excluding hydrogens is 266 g/mol. The maximum Gasteiger partial charge on any atom is 0.249 e. The highest BCUT2D eigenvalue weighted by Gasteiger charge is 2.45. The lowest BCUT2D eigenvalue weighted by Crippen LogP contribution is -2.68. The van der Waals surface area contributed by atoms with Gasteiger partial charge in [0.05, 0.1) is 12.2 Å². The third kappa shape index (κ3) is 2.77. The van der Waals surface area contributed by atoms with E-state index in [4.69, 9.17) is 0 Å². The van der Waals surface area contributed by atoms with Crippen LogP contribution in [0.4, 0.5) is 0 Å². The molecule has 2 rings (SSSR count). The Kier molecular flexibility index (Phi) is 4.30. The van der Waals surface area contributed by atoms with Gasteiger partial charge in [-0.3, -0.25) is 14.6 Å². The van der Waals surface area contributed by atoms with Crippen LogP contribution in [0.1, 0.15) is 45.4 Å². The van der Waals surface area contributed by atoms with Crippen molar-refractivity contribution in [3.05, 3.63) is 29.6 Å². The number of rotatable bonds is 4. The molecule has 5 nitrogen and oxygen atoms in total. The summed E-state index contributed by atoms with van der Waals surface area (Å²) in [6.07, 6.45) is 3.16. The first-order valence-corrected chi connectivity index (χ1v) is 7.48. The van der Waals surface area contributed by atoms with Crippen molar-refractivity contribution in [1.82, 2.24) is 15.2 Å². The number of amides is 2. The Morgan fingerprint density at radius 3 is 2.71 bits per heavy atom. The highest BCUT2D eigenvalue weighted by atomic mass is 16.2. The van der Waals surface area contributed by atoms with E-state index in [1.54, 1.807) is 24.9 Å². The molecule has 0 aliphatic carbocycles. The van der Waals surface area contributed by atoms with Gasteiger partial charge in [-0.2, -0.15) is 0 Å². The number of aryl methyl sites for hydroxylation is 1. The molecule has 0 aromatic carbocycles. The predicted molar refractivity (Wildman–Crippen MR) is 80.5 cm³/mol. The van der Waals surface area contributed by atoms with Gasteiger partial charge in [0.25, 0.3) is 0 Å². The smallest absolute Gasteiger partial charge is 0.249 e. The van der Waals surface area contributed by atoms with E-state index >= 15 is 0 Å². The van der Waals surface area contributed by atoms with Crippen LogP contribution in [0.15, 0.2) is 18.3 Å². The van der Waals surface area contributed by atoms with Crippen LogP contribution in [0.5, 0.6) is 0 Å². The van der Waals surface area contributed by atoms with Crippen LogP contribution >= 0.6 is 0 Å². The largest absolute Gasteiger partial charge is 0.340 e. The summed E-state index contributed by atoms with van der Waals surface area (Å²) in [5.74, 6) is -0.141. The van der Waals surface area contributed by atoms with Crippen molar-refractivity contribution in [3.63, 3.8) is 0 Å². The van der Waals surface area contributed by atoms with Crippen molar-refractivity contribution in [3.8, 4) is 0 Å². The number of nitrogens with zero attached hydrogens (tertiary/aromatic N) is 2. The molecular formula is C16H23N3O2. The number of piperazine rings is 1. The Balaban J connectivity index is 2.32. The van der Waals surface area contributed by atoms with Gasteiger partial charge in [0, 0.05) is 6.20 Å². The topological polar surface area (TPSA) is 62.3 Å². The lowest BCUT2D eigenvalue weighted by atomic mass is 9.92. The predicted octanol–water partition coefficient (Wildman–Crippen LogP) is 1.66. The van der Waals surface area contributed by atoms with Gasteiger partial charge in [-0.05, 0) is 38.3 Å². The molecule has 1 aliphatic rings. The minimum atomic E-state index is -0.815. The van der Waals surface area contributed by atoms with E-state index in [0.29, 0.717) is 13.0 Å². The molecule has 2 unspecified atom stereocenters. The van der Waals surface area contributed by atoms with Crippen molar-refractivity contribution in [2.75, 3.05) is 0 Å². The van der Waals surface area contributed by atoms with Crippen LogP contribution in [0.2, 0.25) is 0 Å². The van der Waals surface area contributed by atoms with Gasteiger partial charge in [0.2, 0.25) is 11.8 Å². The first-order chi connectivity index (χ1) is 9.92. The van der Waals surface area contributed by atoms with Crippen LogP contribution in [0, 0.1) is 0 Å². The lowest BCUT2D eigenvalue weighted by molar-refractivity contribution is -0.154. The zero-order valence-electron chi connectivity index (χ0n) is 13.1. The molecule has 2 heterocycles. The second-order valence-corrected chi connectivity index (χ2v) is 5.75. The molecule has 0 radical (unpaired) electrons. The van der Waals surface area contributed by atoms with E-state index in [1.807, 2.05) is 19.1 Å². The minimum absolute atomic E-state index is 0.0372. The summed E-state index contributed by atoms with van der Waals surface area (Å²) in [5.41, 5.74) is 1.17. The molecule has 1 aromatic rings. The molecule has 1 fully saturated rings. The number of carbonyl (C=O) groups is 2. The zero-order chi connectivity index (χ0) is 15.6. The minimum Gasteiger partial charge on any atom is -0.340 e. The second kappa shape index (κ2) is 5.84. The Bertz CT molecular complexity index is 558.